The summed E-state index contributed by atoms with van der Waals surface area (Å²) in [6, 6.07) is 5.40. The predicted octanol–water partition coefficient (Wildman–Crippen LogP) is 3.37. The molecule has 2 aliphatic heterocycles. The molecule has 29 heavy (non-hydrogen) atoms. The van der Waals surface area contributed by atoms with Crippen LogP contribution < -0.4 is 4.74 Å². The van der Waals surface area contributed by atoms with Crippen LogP contribution in [0.3, 0.4) is 0 Å². The number of carbonyl (C=O) groups is 2. The van der Waals surface area contributed by atoms with E-state index in [-0.39, 0.29) is 29.8 Å². The highest BCUT2D eigenvalue weighted by Crippen LogP contribution is 2.35. The van der Waals surface area contributed by atoms with Crippen LogP contribution in [0.15, 0.2) is 18.2 Å². The third-order valence-electron chi connectivity index (χ3n) is 6.24. The number of ether oxygens (including phenoxy) is 2. The monoisotopic (exact) mass is 420 g/mol. The van der Waals surface area contributed by atoms with Gasteiger partial charge in [0.25, 0.3) is 5.91 Å². The smallest absolute Gasteiger partial charge is 0.257 e. The molecule has 2 saturated heterocycles. The lowest BCUT2D eigenvalue weighted by Gasteiger charge is -2.44. The average Bonchev–Trinajstić information content (AvgIpc) is 3.60. The largest absolute Gasteiger partial charge is 0.496 e. The maximum absolute atomic E-state index is 13.2. The van der Waals surface area contributed by atoms with Crippen molar-refractivity contribution < 1.29 is 19.1 Å². The molecule has 0 radical (unpaired) electrons. The highest BCUT2D eigenvalue weighted by atomic mass is 35.5. The van der Waals surface area contributed by atoms with E-state index in [1.807, 2.05) is 4.90 Å². The van der Waals surface area contributed by atoms with Crippen molar-refractivity contribution in [3.05, 3.63) is 28.8 Å². The van der Waals surface area contributed by atoms with Gasteiger partial charge in [0.1, 0.15) is 5.75 Å². The summed E-state index contributed by atoms with van der Waals surface area (Å²) < 4.78 is 10.9. The fraction of sp³-hybridized carbons (Fsp3) is 0.636. The second-order valence-corrected chi connectivity index (χ2v) is 8.69. The van der Waals surface area contributed by atoms with Gasteiger partial charge in [-0.1, -0.05) is 11.6 Å². The Morgan fingerprint density at radius 2 is 1.90 bits per heavy atom. The first-order valence-electron chi connectivity index (χ1n) is 10.6. The molecular formula is C22H29ClN2O4. The fourth-order valence-electron chi connectivity index (χ4n) is 4.54. The van der Waals surface area contributed by atoms with Crippen LogP contribution in [0.5, 0.6) is 5.75 Å². The van der Waals surface area contributed by atoms with Crippen LogP contribution in [0, 0.1) is 5.92 Å². The lowest BCUT2D eigenvalue weighted by molar-refractivity contribution is -0.141. The second kappa shape index (κ2) is 8.92. The number of hydrogen-bond acceptors (Lipinski definition) is 4. The van der Waals surface area contributed by atoms with E-state index in [9.17, 15) is 9.59 Å². The molecule has 1 saturated carbocycles. The zero-order valence-corrected chi connectivity index (χ0v) is 17.7. The van der Waals surface area contributed by atoms with E-state index < -0.39 is 0 Å². The maximum Gasteiger partial charge on any atom is 0.257 e. The minimum atomic E-state index is -0.0611. The molecule has 2 amide bonds. The summed E-state index contributed by atoms with van der Waals surface area (Å²) in [5, 5.41) is 0.538. The van der Waals surface area contributed by atoms with E-state index in [0.717, 1.165) is 38.5 Å². The molecule has 158 valence electrons. The molecule has 4 rings (SSSR count). The predicted molar refractivity (Wildman–Crippen MR) is 110 cm³/mol. The van der Waals surface area contributed by atoms with Crippen molar-refractivity contribution in [3.8, 4) is 5.75 Å². The standard InChI is InChI=1S/C22H29ClN2O4/c1-28-20-13-16(23)6-7-19(20)22(27)24-10-2-3-18(14-24)25(21(26)15-4-5-15)17-8-11-29-12-9-17/h6-7,13,15,17-18H,2-5,8-12,14H2,1H3. The number of amides is 2. The molecule has 1 atom stereocenters. The first-order valence-corrected chi connectivity index (χ1v) is 11.0. The number of benzene rings is 1. The molecule has 6 nitrogen and oxygen atoms in total. The van der Waals surface area contributed by atoms with Crippen LogP contribution in [0.1, 0.15) is 48.9 Å². The highest BCUT2D eigenvalue weighted by molar-refractivity contribution is 6.30. The topological polar surface area (TPSA) is 59.1 Å². The number of likely N-dealkylation sites (tertiary alicyclic amines) is 1. The molecule has 0 N–H and O–H groups in total. The summed E-state index contributed by atoms with van der Waals surface area (Å²) in [4.78, 5) is 30.4. The molecule has 0 aromatic heterocycles. The second-order valence-electron chi connectivity index (χ2n) is 8.26. The van der Waals surface area contributed by atoms with Gasteiger partial charge in [-0.3, -0.25) is 9.59 Å². The number of piperidine rings is 1. The summed E-state index contributed by atoms with van der Waals surface area (Å²) in [5.74, 6) is 0.884. The Labute approximate surface area is 177 Å². The van der Waals surface area contributed by atoms with Gasteiger partial charge < -0.3 is 19.3 Å². The van der Waals surface area contributed by atoms with Gasteiger partial charge in [0.05, 0.1) is 12.7 Å². The fourth-order valence-corrected chi connectivity index (χ4v) is 4.70. The molecule has 3 fully saturated rings. The molecule has 2 heterocycles. The Kier molecular flexibility index (Phi) is 6.30. The van der Waals surface area contributed by atoms with Crippen LogP contribution in [0.4, 0.5) is 0 Å². The number of nitrogens with zero attached hydrogens (tertiary/aromatic N) is 2. The van der Waals surface area contributed by atoms with E-state index in [0.29, 0.717) is 42.6 Å². The van der Waals surface area contributed by atoms with Crippen molar-refractivity contribution in [2.75, 3.05) is 33.4 Å². The van der Waals surface area contributed by atoms with E-state index in [1.165, 1.54) is 0 Å². The first kappa shape index (κ1) is 20.5. The Morgan fingerprint density at radius 3 is 2.59 bits per heavy atom. The van der Waals surface area contributed by atoms with Gasteiger partial charge in [0.2, 0.25) is 5.91 Å². The quantitative estimate of drug-likeness (QED) is 0.732. The van der Waals surface area contributed by atoms with Gasteiger partial charge in [0, 0.05) is 49.3 Å². The minimum absolute atomic E-state index is 0.0611. The number of halogens is 1. The molecule has 1 aromatic rings. The Morgan fingerprint density at radius 1 is 1.14 bits per heavy atom. The molecule has 7 heteroatoms. The lowest BCUT2D eigenvalue weighted by Crippen LogP contribution is -2.56. The summed E-state index contributed by atoms with van der Waals surface area (Å²) in [7, 11) is 1.54. The van der Waals surface area contributed by atoms with Crippen molar-refractivity contribution in [3.63, 3.8) is 0 Å². The van der Waals surface area contributed by atoms with E-state index in [2.05, 4.69) is 4.90 Å². The number of hydrogen-bond donors (Lipinski definition) is 0. The first-order chi connectivity index (χ1) is 14.1. The Balaban J connectivity index is 1.52. The summed E-state index contributed by atoms with van der Waals surface area (Å²) >= 11 is 6.05. The SMILES string of the molecule is COc1cc(Cl)ccc1C(=O)N1CCCC(N(C(=O)C2CC2)C2CCOCC2)C1. The molecule has 1 aliphatic carbocycles. The number of carbonyl (C=O) groups excluding carboxylic acids is 2. The molecule has 0 spiro atoms. The van der Waals surface area contributed by atoms with Crippen molar-refractivity contribution in [1.29, 1.82) is 0 Å². The summed E-state index contributed by atoms with van der Waals surface area (Å²) in [5.41, 5.74) is 0.517. The minimum Gasteiger partial charge on any atom is -0.496 e. The highest BCUT2D eigenvalue weighted by Gasteiger charge is 2.41. The number of rotatable bonds is 5. The van der Waals surface area contributed by atoms with E-state index in [4.69, 9.17) is 21.1 Å². The molecule has 0 bridgehead atoms. The van der Waals surface area contributed by atoms with Gasteiger partial charge >= 0.3 is 0 Å². The Hall–Kier alpha value is -1.79. The van der Waals surface area contributed by atoms with Gasteiger partial charge in [0.15, 0.2) is 0 Å². The van der Waals surface area contributed by atoms with Crippen LogP contribution in [-0.2, 0) is 9.53 Å². The Bertz CT molecular complexity index is 761. The third-order valence-corrected chi connectivity index (χ3v) is 6.47. The van der Waals surface area contributed by atoms with Gasteiger partial charge in [-0.2, -0.15) is 0 Å². The van der Waals surface area contributed by atoms with Crippen LogP contribution in [-0.4, -0.2) is 67.1 Å². The normalized spacial score (nSPS) is 23.0. The van der Waals surface area contributed by atoms with Gasteiger partial charge in [-0.25, -0.2) is 0 Å². The van der Waals surface area contributed by atoms with Crippen molar-refractivity contribution in [1.82, 2.24) is 9.80 Å². The van der Waals surface area contributed by atoms with Crippen LogP contribution in [0.25, 0.3) is 0 Å². The van der Waals surface area contributed by atoms with Crippen molar-refractivity contribution in [2.24, 2.45) is 5.92 Å². The van der Waals surface area contributed by atoms with E-state index >= 15 is 0 Å². The summed E-state index contributed by atoms with van der Waals surface area (Å²) in [6.07, 6.45) is 5.59. The maximum atomic E-state index is 13.2. The van der Waals surface area contributed by atoms with Crippen LogP contribution >= 0.6 is 11.6 Å². The molecule has 1 aromatic carbocycles. The zero-order chi connectivity index (χ0) is 20.4. The molecule has 3 aliphatic rings. The van der Waals surface area contributed by atoms with Crippen molar-refractivity contribution >= 4 is 23.4 Å². The lowest BCUT2D eigenvalue weighted by atomic mass is 9.97. The van der Waals surface area contributed by atoms with Gasteiger partial charge in [-0.15, -0.1) is 0 Å². The third kappa shape index (κ3) is 4.53. The molecular weight excluding hydrogens is 392 g/mol. The average molecular weight is 421 g/mol. The van der Waals surface area contributed by atoms with Gasteiger partial charge in [-0.05, 0) is 56.7 Å². The number of methoxy groups -OCH3 is 1. The molecule has 1 unspecified atom stereocenters. The van der Waals surface area contributed by atoms with Crippen molar-refractivity contribution in [2.45, 2.75) is 50.6 Å². The summed E-state index contributed by atoms with van der Waals surface area (Å²) in [6.45, 7) is 2.67. The van der Waals surface area contributed by atoms with Crippen LogP contribution in [0.2, 0.25) is 5.02 Å². The zero-order valence-electron chi connectivity index (χ0n) is 16.9. The van der Waals surface area contributed by atoms with E-state index in [1.54, 1.807) is 25.3 Å².